The molecule has 3 rings (SSSR count). The fourth-order valence-corrected chi connectivity index (χ4v) is 3.80. The molecule has 1 aliphatic heterocycles. The van der Waals surface area contributed by atoms with Crippen LogP contribution in [0.4, 0.5) is 4.39 Å². The third-order valence-corrected chi connectivity index (χ3v) is 5.38. The molecule has 0 aliphatic carbocycles. The number of aromatic nitrogens is 2. The van der Waals surface area contributed by atoms with Crippen LogP contribution >= 0.6 is 11.6 Å². The van der Waals surface area contributed by atoms with Crippen LogP contribution < -0.4 is 0 Å². The quantitative estimate of drug-likeness (QED) is 0.844. The number of hydrogen-bond acceptors (Lipinski definition) is 4. The maximum Gasteiger partial charge on any atom is 0.246 e. The number of fused-ring (bicyclic) bond motifs is 1. The summed E-state index contributed by atoms with van der Waals surface area (Å²) in [7, 11) is -3.93. The molecule has 2 aromatic rings. The summed E-state index contributed by atoms with van der Waals surface area (Å²) in [6.45, 7) is 0.319. The van der Waals surface area contributed by atoms with Crippen LogP contribution in [-0.4, -0.2) is 29.2 Å². The van der Waals surface area contributed by atoms with E-state index >= 15 is 0 Å². The van der Waals surface area contributed by atoms with Gasteiger partial charge in [0, 0.05) is 17.1 Å². The van der Waals surface area contributed by atoms with Crippen LogP contribution in [0.25, 0.3) is 0 Å². The lowest BCUT2D eigenvalue weighted by molar-refractivity contribution is 0.381. The van der Waals surface area contributed by atoms with Gasteiger partial charge in [0.15, 0.2) is 0 Å². The number of rotatable bonds is 2. The zero-order valence-corrected chi connectivity index (χ0v) is 12.3. The Kier molecular flexibility index (Phi) is 3.64. The van der Waals surface area contributed by atoms with Gasteiger partial charge < -0.3 is 0 Å². The molecule has 2 heterocycles. The highest BCUT2D eigenvalue weighted by Gasteiger charge is 2.31. The van der Waals surface area contributed by atoms with Gasteiger partial charge in [0.25, 0.3) is 0 Å². The summed E-state index contributed by atoms with van der Waals surface area (Å²) < 4.78 is 40.1. The first-order chi connectivity index (χ1) is 9.98. The molecule has 1 aliphatic rings. The summed E-state index contributed by atoms with van der Waals surface area (Å²) in [6.07, 6.45) is 4.56. The van der Waals surface area contributed by atoms with Gasteiger partial charge in [-0.3, -0.25) is 0 Å². The molecule has 0 spiro atoms. The van der Waals surface area contributed by atoms with Crippen molar-refractivity contribution < 1.29 is 12.8 Å². The van der Waals surface area contributed by atoms with Gasteiger partial charge in [0.1, 0.15) is 17.0 Å². The van der Waals surface area contributed by atoms with E-state index in [0.29, 0.717) is 12.1 Å². The highest BCUT2D eigenvalue weighted by atomic mass is 35.5. The van der Waals surface area contributed by atoms with E-state index in [1.807, 2.05) is 0 Å². The summed E-state index contributed by atoms with van der Waals surface area (Å²) in [5.41, 5.74) is 1.38. The molecule has 109 valence electrons. The molecular weight excluding hydrogens is 317 g/mol. The van der Waals surface area contributed by atoms with Crippen LogP contribution in [0, 0.1) is 12.0 Å². The van der Waals surface area contributed by atoms with E-state index in [4.69, 9.17) is 11.6 Å². The molecule has 0 N–H and O–H groups in total. The lowest BCUT2D eigenvalue weighted by Crippen LogP contribution is -2.37. The third kappa shape index (κ3) is 2.64. The normalized spacial score (nSPS) is 15.7. The Bertz CT molecular complexity index is 798. The summed E-state index contributed by atoms with van der Waals surface area (Å²) in [5.74, 6) is -0.859. The standard InChI is InChI=1S/C13H10ClFN3O2S/c14-10-1-2-13(11(15)5-10)21(19,20)18-4-3-9-6-16-8-17-12(9)7-18/h1-2,5,8H,3-4,7H2. The van der Waals surface area contributed by atoms with E-state index in [9.17, 15) is 12.8 Å². The molecular formula is C13H10ClFN3O2S. The second kappa shape index (κ2) is 5.32. The van der Waals surface area contributed by atoms with Gasteiger partial charge in [-0.15, -0.1) is 0 Å². The van der Waals surface area contributed by atoms with E-state index in [1.54, 1.807) is 0 Å². The fraction of sp³-hybridized carbons (Fsp3) is 0.231. The van der Waals surface area contributed by atoms with E-state index in [0.717, 1.165) is 11.6 Å². The van der Waals surface area contributed by atoms with E-state index in [-0.39, 0.29) is 23.0 Å². The molecule has 1 aromatic heterocycles. The van der Waals surface area contributed by atoms with Crippen molar-refractivity contribution in [2.45, 2.75) is 17.9 Å². The minimum absolute atomic E-state index is 0.0821. The Hall–Kier alpha value is -1.57. The topological polar surface area (TPSA) is 63.2 Å². The largest absolute Gasteiger partial charge is 0.246 e. The van der Waals surface area contributed by atoms with Crippen LogP contribution in [0.1, 0.15) is 11.3 Å². The Morgan fingerprint density at radius 2 is 2.19 bits per heavy atom. The van der Waals surface area contributed by atoms with Crippen molar-refractivity contribution in [1.82, 2.24) is 14.3 Å². The molecule has 5 nitrogen and oxygen atoms in total. The summed E-state index contributed by atoms with van der Waals surface area (Å²) in [4.78, 5) is 7.46. The molecule has 1 radical (unpaired) electrons. The number of sulfonamides is 1. The molecule has 0 unspecified atom stereocenters. The minimum atomic E-state index is -3.93. The predicted molar refractivity (Wildman–Crippen MR) is 73.6 cm³/mol. The molecule has 0 saturated carbocycles. The molecule has 0 saturated heterocycles. The molecule has 1 aromatic carbocycles. The van der Waals surface area contributed by atoms with Gasteiger partial charge in [0.2, 0.25) is 10.0 Å². The highest BCUT2D eigenvalue weighted by molar-refractivity contribution is 7.89. The molecule has 21 heavy (non-hydrogen) atoms. The predicted octanol–water partition coefficient (Wildman–Crippen LogP) is 1.82. The highest BCUT2D eigenvalue weighted by Crippen LogP contribution is 2.26. The van der Waals surface area contributed by atoms with Crippen molar-refractivity contribution in [3.8, 4) is 0 Å². The fourth-order valence-electron chi connectivity index (χ4n) is 2.20. The first-order valence-electron chi connectivity index (χ1n) is 6.14. The van der Waals surface area contributed by atoms with Crippen molar-refractivity contribution in [2.24, 2.45) is 0 Å². The molecule has 0 bridgehead atoms. The molecule has 0 amide bonds. The SMILES string of the molecule is O=S(=O)(c1ccc(Cl)cc1F)N1CCc2[c]ncnc2C1. The van der Waals surface area contributed by atoms with Crippen LogP contribution in [0.5, 0.6) is 0 Å². The van der Waals surface area contributed by atoms with Crippen LogP contribution in [0.3, 0.4) is 0 Å². The van der Waals surface area contributed by atoms with Gasteiger partial charge in [-0.25, -0.2) is 22.8 Å². The number of nitrogens with zero attached hydrogens (tertiary/aromatic N) is 3. The molecule has 0 fully saturated rings. The zero-order valence-electron chi connectivity index (χ0n) is 10.8. The number of halogens is 2. The first kappa shape index (κ1) is 14.4. The number of benzene rings is 1. The summed E-state index contributed by atoms with van der Waals surface area (Å²) in [5, 5.41) is 0.151. The van der Waals surface area contributed by atoms with Gasteiger partial charge in [-0.2, -0.15) is 4.31 Å². The second-order valence-electron chi connectivity index (χ2n) is 4.57. The van der Waals surface area contributed by atoms with Crippen LogP contribution in [0.2, 0.25) is 5.02 Å². The minimum Gasteiger partial charge on any atom is -0.240 e. The van der Waals surface area contributed by atoms with Crippen LogP contribution in [-0.2, 0) is 23.0 Å². The Balaban J connectivity index is 1.97. The number of hydrogen-bond donors (Lipinski definition) is 0. The van der Waals surface area contributed by atoms with Gasteiger partial charge in [-0.05, 0) is 24.6 Å². The Morgan fingerprint density at radius 1 is 1.38 bits per heavy atom. The smallest absolute Gasteiger partial charge is 0.240 e. The third-order valence-electron chi connectivity index (χ3n) is 3.27. The van der Waals surface area contributed by atoms with Crippen molar-refractivity contribution in [3.05, 3.63) is 52.8 Å². The van der Waals surface area contributed by atoms with Crippen LogP contribution in [0.15, 0.2) is 29.4 Å². The molecule has 8 heteroatoms. The van der Waals surface area contributed by atoms with Crippen molar-refractivity contribution >= 4 is 21.6 Å². The maximum absolute atomic E-state index is 13.9. The lowest BCUT2D eigenvalue weighted by atomic mass is 10.1. The van der Waals surface area contributed by atoms with Gasteiger partial charge in [0.05, 0.1) is 18.4 Å². The Labute approximate surface area is 126 Å². The lowest BCUT2D eigenvalue weighted by Gasteiger charge is -2.26. The van der Waals surface area contributed by atoms with E-state index in [1.165, 1.54) is 22.8 Å². The summed E-state index contributed by atoms with van der Waals surface area (Å²) in [6, 6.07) is 3.52. The molecule has 0 atom stereocenters. The monoisotopic (exact) mass is 326 g/mol. The second-order valence-corrected chi connectivity index (χ2v) is 6.92. The van der Waals surface area contributed by atoms with Gasteiger partial charge in [-0.1, -0.05) is 11.6 Å². The first-order valence-corrected chi connectivity index (χ1v) is 7.96. The van der Waals surface area contributed by atoms with Gasteiger partial charge >= 0.3 is 0 Å². The van der Waals surface area contributed by atoms with Crippen molar-refractivity contribution in [3.63, 3.8) is 0 Å². The zero-order chi connectivity index (χ0) is 15.0. The van der Waals surface area contributed by atoms with Crippen molar-refractivity contribution in [2.75, 3.05) is 6.54 Å². The van der Waals surface area contributed by atoms with E-state index in [2.05, 4.69) is 16.2 Å². The Morgan fingerprint density at radius 3 is 2.95 bits per heavy atom. The maximum atomic E-state index is 13.9. The average molecular weight is 327 g/mol. The van der Waals surface area contributed by atoms with E-state index < -0.39 is 15.8 Å². The summed E-state index contributed by atoms with van der Waals surface area (Å²) >= 11 is 5.65. The average Bonchev–Trinajstić information content (AvgIpc) is 2.46. The van der Waals surface area contributed by atoms with Crippen molar-refractivity contribution in [1.29, 1.82) is 0 Å².